The van der Waals surface area contributed by atoms with Gasteiger partial charge in [-0.1, -0.05) is 6.92 Å². The number of ketones is 1. The molecule has 1 aliphatic heterocycles. The van der Waals surface area contributed by atoms with Crippen molar-refractivity contribution < 1.29 is 9.53 Å². The molecule has 13 heavy (non-hydrogen) atoms. The average Bonchev–Trinajstić information content (AvgIpc) is 2.21. The van der Waals surface area contributed by atoms with Gasteiger partial charge in [0.2, 0.25) is 0 Å². The van der Waals surface area contributed by atoms with E-state index in [1.54, 1.807) is 0 Å². The van der Waals surface area contributed by atoms with Gasteiger partial charge in [-0.3, -0.25) is 4.79 Å². The minimum absolute atomic E-state index is 0.0479. The SMILES string of the molecule is CCC(CN)C(=O)C1CCCOC1. The van der Waals surface area contributed by atoms with Crippen molar-refractivity contribution in [1.29, 1.82) is 0 Å². The first-order valence-corrected chi connectivity index (χ1v) is 5.11. The van der Waals surface area contributed by atoms with Gasteiger partial charge in [-0.2, -0.15) is 0 Å². The van der Waals surface area contributed by atoms with Crippen molar-refractivity contribution in [2.75, 3.05) is 19.8 Å². The molecule has 76 valence electrons. The summed E-state index contributed by atoms with van der Waals surface area (Å²) in [6, 6.07) is 0. The second kappa shape index (κ2) is 5.35. The number of ether oxygens (including phenoxy) is 1. The van der Waals surface area contributed by atoms with Crippen LogP contribution in [-0.2, 0) is 9.53 Å². The lowest BCUT2D eigenvalue weighted by atomic mass is 9.87. The maximum atomic E-state index is 11.8. The fourth-order valence-corrected chi connectivity index (χ4v) is 1.78. The highest BCUT2D eigenvalue weighted by molar-refractivity contribution is 5.83. The van der Waals surface area contributed by atoms with Crippen molar-refractivity contribution in [3.63, 3.8) is 0 Å². The summed E-state index contributed by atoms with van der Waals surface area (Å²) in [6.45, 7) is 3.91. The Morgan fingerprint density at radius 2 is 2.46 bits per heavy atom. The third-order valence-electron chi connectivity index (χ3n) is 2.74. The van der Waals surface area contributed by atoms with E-state index in [1.807, 2.05) is 6.92 Å². The standard InChI is InChI=1S/C10H19NO2/c1-2-8(6-11)10(12)9-4-3-5-13-7-9/h8-9H,2-7,11H2,1H3. The molecule has 1 heterocycles. The van der Waals surface area contributed by atoms with Crippen molar-refractivity contribution in [3.05, 3.63) is 0 Å². The molecular formula is C10H19NO2. The number of carbonyl (C=O) groups is 1. The van der Waals surface area contributed by atoms with E-state index in [2.05, 4.69) is 0 Å². The lowest BCUT2D eigenvalue weighted by Crippen LogP contribution is -2.33. The highest BCUT2D eigenvalue weighted by Gasteiger charge is 2.26. The van der Waals surface area contributed by atoms with Crippen molar-refractivity contribution in [2.45, 2.75) is 26.2 Å². The van der Waals surface area contributed by atoms with Gasteiger partial charge in [-0.05, 0) is 19.3 Å². The maximum absolute atomic E-state index is 11.8. The molecule has 0 radical (unpaired) electrons. The Labute approximate surface area is 79.6 Å². The van der Waals surface area contributed by atoms with Gasteiger partial charge >= 0.3 is 0 Å². The first-order chi connectivity index (χ1) is 6.29. The Morgan fingerprint density at radius 3 is 2.92 bits per heavy atom. The van der Waals surface area contributed by atoms with E-state index in [4.69, 9.17) is 10.5 Å². The molecule has 1 aliphatic rings. The Kier molecular flexibility index (Phi) is 4.39. The van der Waals surface area contributed by atoms with E-state index in [0.717, 1.165) is 25.9 Å². The largest absolute Gasteiger partial charge is 0.381 e. The van der Waals surface area contributed by atoms with Crippen LogP contribution in [0.2, 0.25) is 0 Å². The second-order valence-corrected chi connectivity index (χ2v) is 3.66. The molecule has 2 unspecified atom stereocenters. The second-order valence-electron chi connectivity index (χ2n) is 3.66. The maximum Gasteiger partial charge on any atom is 0.142 e. The van der Waals surface area contributed by atoms with Crippen LogP contribution in [0.1, 0.15) is 26.2 Å². The van der Waals surface area contributed by atoms with Crippen LogP contribution < -0.4 is 5.73 Å². The van der Waals surface area contributed by atoms with Crippen LogP contribution in [0.3, 0.4) is 0 Å². The predicted octanol–water partition coefficient (Wildman–Crippen LogP) is 0.967. The molecule has 0 saturated carbocycles. The fourth-order valence-electron chi connectivity index (χ4n) is 1.78. The summed E-state index contributed by atoms with van der Waals surface area (Å²) in [5, 5.41) is 0. The fraction of sp³-hybridized carbons (Fsp3) is 0.900. The molecule has 1 rings (SSSR count). The normalized spacial score (nSPS) is 25.5. The van der Waals surface area contributed by atoms with Crippen molar-refractivity contribution >= 4 is 5.78 Å². The van der Waals surface area contributed by atoms with Gasteiger partial charge in [-0.25, -0.2) is 0 Å². The third kappa shape index (κ3) is 2.78. The van der Waals surface area contributed by atoms with Gasteiger partial charge in [0.25, 0.3) is 0 Å². The number of nitrogens with two attached hydrogens (primary N) is 1. The molecule has 0 spiro atoms. The highest BCUT2D eigenvalue weighted by atomic mass is 16.5. The zero-order chi connectivity index (χ0) is 9.68. The molecule has 0 bridgehead atoms. The number of hydrogen-bond donors (Lipinski definition) is 1. The van der Waals surface area contributed by atoms with Gasteiger partial charge in [0.1, 0.15) is 5.78 Å². The number of rotatable bonds is 4. The smallest absolute Gasteiger partial charge is 0.142 e. The van der Waals surface area contributed by atoms with Crippen molar-refractivity contribution in [1.82, 2.24) is 0 Å². The summed E-state index contributed by atoms with van der Waals surface area (Å²) in [6.07, 6.45) is 2.85. The molecule has 0 amide bonds. The molecule has 0 aromatic heterocycles. The van der Waals surface area contributed by atoms with Crippen LogP contribution in [-0.4, -0.2) is 25.5 Å². The van der Waals surface area contributed by atoms with E-state index >= 15 is 0 Å². The quantitative estimate of drug-likeness (QED) is 0.710. The molecule has 2 N–H and O–H groups in total. The highest BCUT2D eigenvalue weighted by Crippen LogP contribution is 2.19. The predicted molar refractivity (Wildman–Crippen MR) is 51.4 cm³/mol. The Bertz CT molecular complexity index is 160. The molecule has 3 nitrogen and oxygen atoms in total. The van der Waals surface area contributed by atoms with Gasteiger partial charge in [0.05, 0.1) is 6.61 Å². The van der Waals surface area contributed by atoms with E-state index < -0.39 is 0 Å². The lowest BCUT2D eigenvalue weighted by Gasteiger charge is -2.24. The molecule has 2 atom stereocenters. The minimum atomic E-state index is 0.0479. The topological polar surface area (TPSA) is 52.3 Å². The number of Topliss-reactive ketones (excluding diaryl/α,β-unsaturated/α-hetero) is 1. The van der Waals surface area contributed by atoms with E-state index in [0.29, 0.717) is 18.9 Å². The molecule has 0 aromatic carbocycles. The summed E-state index contributed by atoms with van der Waals surface area (Å²) in [7, 11) is 0. The number of carbonyl (C=O) groups excluding carboxylic acids is 1. The zero-order valence-electron chi connectivity index (χ0n) is 8.29. The molecule has 1 saturated heterocycles. The Balaban J connectivity index is 2.44. The van der Waals surface area contributed by atoms with Gasteiger partial charge in [-0.15, -0.1) is 0 Å². The van der Waals surface area contributed by atoms with Crippen LogP contribution in [0, 0.1) is 11.8 Å². The van der Waals surface area contributed by atoms with Crippen LogP contribution in [0.25, 0.3) is 0 Å². The first kappa shape index (κ1) is 10.7. The molecule has 0 aromatic rings. The van der Waals surface area contributed by atoms with Crippen LogP contribution in [0.5, 0.6) is 0 Å². The monoisotopic (exact) mass is 185 g/mol. The van der Waals surface area contributed by atoms with Gasteiger partial charge in [0.15, 0.2) is 0 Å². The van der Waals surface area contributed by atoms with E-state index in [1.165, 1.54) is 0 Å². The van der Waals surface area contributed by atoms with Crippen LogP contribution >= 0.6 is 0 Å². The molecule has 3 heteroatoms. The summed E-state index contributed by atoms with van der Waals surface area (Å²) in [5.74, 6) is 0.471. The minimum Gasteiger partial charge on any atom is -0.381 e. The zero-order valence-corrected chi connectivity index (χ0v) is 8.29. The first-order valence-electron chi connectivity index (χ1n) is 5.11. The van der Waals surface area contributed by atoms with E-state index in [-0.39, 0.29) is 11.8 Å². The molecule has 1 fully saturated rings. The lowest BCUT2D eigenvalue weighted by molar-refractivity contribution is -0.130. The van der Waals surface area contributed by atoms with Crippen molar-refractivity contribution in [3.8, 4) is 0 Å². The van der Waals surface area contributed by atoms with Crippen LogP contribution in [0.15, 0.2) is 0 Å². The molecule has 0 aliphatic carbocycles. The number of hydrogen-bond acceptors (Lipinski definition) is 3. The third-order valence-corrected chi connectivity index (χ3v) is 2.74. The Morgan fingerprint density at radius 1 is 1.69 bits per heavy atom. The summed E-state index contributed by atoms with van der Waals surface area (Å²) < 4.78 is 5.28. The summed E-state index contributed by atoms with van der Waals surface area (Å²) in [5.41, 5.74) is 5.53. The van der Waals surface area contributed by atoms with Gasteiger partial charge in [0, 0.05) is 25.0 Å². The molecular weight excluding hydrogens is 166 g/mol. The summed E-state index contributed by atoms with van der Waals surface area (Å²) in [4.78, 5) is 11.8. The van der Waals surface area contributed by atoms with Crippen LogP contribution in [0.4, 0.5) is 0 Å². The van der Waals surface area contributed by atoms with E-state index in [9.17, 15) is 4.79 Å². The summed E-state index contributed by atoms with van der Waals surface area (Å²) >= 11 is 0. The average molecular weight is 185 g/mol. The van der Waals surface area contributed by atoms with Gasteiger partial charge < -0.3 is 10.5 Å². The Hall–Kier alpha value is -0.410. The van der Waals surface area contributed by atoms with Crippen molar-refractivity contribution in [2.24, 2.45) is 17.6 Å².